The first-order chi connectivity index (χ1) is 9.13. The predicted octanol–water partition coefficient (Wildman–Crippen LogP) is 0.967. The van der Waals surface area contributed by atoms with E-state index in [2.05, 4.69) is 10.6 Å². The van der Waals surface area contributed by atoms with E-state index in [1.54, 1.807) is 18.2 Å². The molecule has 0 aliphatic heterocycles. The maximum atomic E-state index is 11.5. The highest BCUT2D eigenvalue weighted by Crippen LogP contribution is 2.16. The SMILES string of the molecule is CCCNC(=O)CNC(=O)CCc1ccccc1O. The van der Waals surface area contributed by atoms with Crippen molar-refractivity contribution in [2.75, 3.05) is 13.1 Å². The van der Waals surface area contributed by atoms with Crippen LogP contribution in [0.5, 0.6) is 5.75 Å². The Balaban J connectivity index is 2.25. The van der Waals surface area contributed by atoms with Gasteiger partial charge in [-0.25, -0.2) is 0 Å². The molecule has 0 atom stereocenters. The van der Waals surface area contributed by atoms with Crippen molar-refractivity contribution in [3.05, 3.63) is 29.8 Å². The highest BCUT2D eigenvalue weighted by atomic mass is 16.3. The summed E-state index contributed by atoms with van der Waals surface area (Å²) in [7, 11) is 0. The molecule has 0 bridgehead atoms. The topological polar surface area (TPSA) is 78.4 Å². The summed E-state index contributed by atoms with van der Waals surface area (Å²) in [6.07, 6.45) is 1.57. The maximum absolute atomic E-state index is 11.5. The van der Waals surface area contributed by atoms with E-state index in [1.165, 1.54) is 0 Å². The van der Waals surface area contributed by atoms with Gasteiger partial charge in [0.2, 0.25) is 11.8 Å². The van der Waals surface area contributed by atoms with Crippen molar-refractivity contribution >= 4 is 11.8 Å². The monoisotopic (exact) mass is 264 g/mol. The summed E-state index contributed by atoms with van der Waals surface area (Å²) in [4.78, 5) is 22.8. The maximum Gasteiger partial charge on any atom is 0.239 e. The number of rotatable bonds is 7. The molecule has 5 heteroatoms. The van der Waals surface area contributed by atoms with Crippen molar-refractivity contribution in [2.45, 2.75) is 26.2 Å². The van der Waals surface area contributed by atoms with E-state index in [9.17, 15) is 14.7 Å². The van der Waals surface area contributed by atoms with Crippen molar-refractivity contribution < 1.29 is 14.7 Å². The number of hydrogen-bond donors (Lipinski definition) is 3. The second kappa shape index (κ2) is 8.13. The number of aryl methyl sites for hydroxylation is 1. The molecular formula is C14H20N2O3. The molecule has 1 rings (SSSR count). The summed E-state index contributed by atoms with van der Waals surface area (Å²) in [5.41, 5.74) is 0.730. The van der Waals surface area contributed by atoms with E-state index in [0.717, 1.165) is 12.0 Å². The number of carbonyl (C=O) groups is 2. The number of nitrogens with one attached hydrogen (secondary N) is 2. The van der Waals surface area contributed by atoms with Gasteiger partial charge in [0.15, 0.2) is 0 Å². The molecule has 0 unspecified atom stereocenters. The number of amides is 2. The Bertz CT molecular complexity index is 432. The standard InChI is InChI=1S/C14H20N2O3/c1-2-9-15-14(19)10-16-13(18)8-7-11-5-3-4-6-12(11)17/h3-6,17H,2,7-10H2,1H3,(H,15,19)(H,16,18). The van der Waals surface area contributed by atoms with E-state index in [-0.39, 0.29) is 30.5 Å². The lowest BCUT2D eigenvalue weighted by atomic mass is 10.1. The molecular weight excluding hydrogens is 244 g/mol. The molecule has 3 N–H and O–H groups in total. The summed E-state index contributed by atoms with van der Waals surface area (Å²) in [6.45, 7) is 2.58. The van der Waals surface area contributed by atoms with E-state index in [4.69, 9.17) is 0 Å². The molecule has 1 aromatic rings. The van der Waals surface area contributed by atoms with Crippen molar-refractivity contribution in [2.24, 2.45) is 0 Å². The van der Waals surface area contributed by atoms with Gasteiger partial charge in [-0.15, -0.1) is 0 Å². The summed E-state index contributed by atoms with van der Waals surface area (Å²) in [5, 5.41) is 14.8. The van der Waals surface area contributed by atoms with Crippen LogP contribution in [0.4, 0.5) is 0 Å². The lowest BCUT2D eigenvalue weighted by Gasteiger charge is -2.06. The highest BCUT2D eigenvalue weighted by molar-refractivity contribution is 5.84. The number of carbonyl (C=O) groups excluding carboxylic acids is 2. The zero-order chi connectivity index (χ0) is 14.1. The van der Waals surface area contributed by atoms with Crippen LogP contribution in [0.25, 0.3) is 0 Å². The molecule has 1 aromatic carbocycles. The average molecular weight is 264 g/mol. The number of phenols is 1. The Morgan fingerprint density at radius 1 is 1.16 bits per heavy atom. The van der Waals surface area contributed by atoms with Crippen LogP contribution in [-0.4, -0.2) is 30.0 Å². The van der Waals surface area contributed by atoms with Crippen LogP contribution in [0, 0.1) is 0 Å². The Labute approximate surface area is 113 Å². The molecule has 0 aliphatic rings. The summed E-state index contributed by atoms with van der Waals surface area (Å²) in [6, 6.07) is 6.91. The minimum atomic E-state index is -0.199. The van der Waals surface area contributed by atoms with Gasteiger partial charge in [0.1, 0.15) is 5.75 Å². The number of para-hydroxylation sites is 1. The Kier molecular flexibility index (Phi) is 6.43. The number of aromatic hydroxyl groups is 1. The third kappa shape index (κ3) is 5.90. The molecule has 0 saturated heterocycles. The predicted molar refractivity (Wildman–Crippen MR) is 72.7 cm³/mol. The minimum Gasteiger partial charge on any atom is -0.508 e. The van der Waals surface area contributed by atoms with Gasteiger partial charge in [-0.3, -0.25) is 9.59 Å². The van der Waals surface area contributed by atoms with Crippen LogP contribution in [0.3, 0.4) is 0 Å². The fraction of sp³-hybridized carbons (Fsp3) is 0.429. The van der Waals surface area contributed by atoms with E-state index in [0.29, 0.717) is 13.0 Å². The van der Waals surface area contributed by atoms with Gasteiger partial charge in [0, 0.05) is 13.0 Å². The van der Waals surface area contributed by atoms with Gasteiger partial charge >= 0.3 is 0 Å². The molecule has 0 radical (unpaired) electrons. The largest absolute Gasteiger partial charge is 0.508 e. The first-order valence-corrected chi connectivity index (χ1v) is 6.43. The van der Waals surface area contributed by atoms with E-state index >= 15 is 0 Å². The summed E-state index contributed by atoms with van der Waals surface area (Å²) in [5.74, 6) is -0.191. The summed E-state index contributed by atoms with van der Waals surface area (Å²) >= 11 is 0. The quantitative estimate of drug-likeness (QED) is 0.686. The first kappa shape index (κ1) is 15.0. The molecule has 0 heterocycles. The molecule has 0 aliphatic carbocycles. The zero-order valence-electron chi connectivity index (χ0n) is 11.1. The molecule has 0 spiro atoms. The number of hydrogen-bond acceptors (Lipinski definition) is 3. The third-order valence-corrected chi connectivity index (χ3v) is 2.63. The lowest BCUT2D eigenvalue weighted by Crippen LogP contribution is -2.37. The molecule has 0 fully saturated rings. The molecule has 5 nitrogen and oxygen atoms in total. The van der Waals surface area contributed by atoms with Crippen molar-refractivity contribution in [3.8, 4) is 5.75 Å². The van der Waals surface area contributed by atoms with Gasteiger partial charge in [0.25, 0.3) is 0 Å². The number of benzene rings is 1. The Morgan fingerprint density at radius 3 is 2.58 bits per heavy atom. The van der Waals surface area contributed by atoms with E-state index < -0.39 is 0 Å². The average Bonchev–Trinajstić information content (AvgIpc) is 2.42. The van der Waals surface area contributed by atoms with Crippen molar-refractivity contribution in [1.82, 2.24) is 10.6 Å². The lowest BCUT2D eigenvalue weighted by molar-refractivity contribution is -0.126. The minimum absolute atomic E-state index is 0.000392. The van der Waals surface area contributed by atoms with Gasteiger partial charge in [-0.2, -0.15) is 0 Å². The van der Waals surface area contributed by atoms with Gasteiger partial charge in [0.05, 0.1) is 6.54 Å². The molecule has 0 saturated carbocycles. The third-order valence-electron chi connectivity index (χ3n) is 2.63. The van der Waals surface area contributed by atoms with Gasteiger partial charge in [-0.1, -0.05) is 25.1 Å². The number of phenolic OH excluding ortho intramolecular Hbond substituents is 1. The second-order valence-corrected chi connectivity index (χ2v) is 4.26. The fourth-order valence-electron chi connectivity index (χ4n) is 1.56. The zero-order valence-corrected chi connectivity index (χ0v) is 11.1. The van der Waals surface area contributed by atoms with Crippen LogP contribution in [0.2, 0.25) is 0 Å². The molecule has 19 heavy (non-hydrogen) atoms. The molecule has 2 amide bonds. The highest BCUT2D eigenvalue weighted by Gasteiger charge is 2.06. The van der Waals surface area contributed by atoms with Crippen LogP contribution in [0.1, 0.15) is 25.3 Å². The fourth-order valence-corrected chi connectivity index (χ4v) is 1.56. The van der Waals surface area contributed by atoms with Crippen LogP contribution < -0.4 is 10.6 Å². The van der Waals surface area contributed by atoms with Gasteiger partial charge in [-0.05, 0) is 24.5 Å². The van der Waals surface area contributed by atoms with E-state index in [1.807, 2.05) is 13.0 Å². The van der Waals surface area contributed by atoms with Gasteiger partial charge < -0.3 is 15.7 Å². The summed E-state index contributed by atoms with van der Waals surface area (Å²) < 4.78 is 0. The van der Waals surface area contributed by atoms with Crippen LogP contribution in [0.15, 0.2) is 24.3 Å². The van der Waals surface area contributed by atoms with Crippen molar-refractivity contribution in [1.29, 1.82) is 0 Å². The smallest absolute Gasteiger partial charge is 0.239 e. The second-order valence-electron chi connectivity index (χ2n) is 4.26. The first-order valence-electron chi connectivity index (χ1n) is 6.43. The molecule has 104 valence electrons. The van der Waals surface area contributed by atoms with Crippen LogP contribution >= 0.6 is 0 Å². The Hall–Kier alpha value is -2.04. The molecule has 0 aromatic heterocycles. The van der Waals surface area contributed by atoms with Crippen LogP contribution in [-0.2, 0) is 16.0 Å². The normalized spacial score (nSPS) is 9.95. The van der Waals surface area contributed by atoms with Crippen molar-refractivity contribution in [3.63, 3.8) is 0 Å². The Morgan fingerprint density at radius 2 is 1.89 bits per heavy atom.